The third-order valence-corrected chi connectivity index (χ3v) is 6.17. The molecule has 152 valence electrons. The van der Waals surface area contributed by atoms with Gasteiger partial charge in [-0.15, -0.1) is 5.10 Å². The van der Waals surface area contributed by atoms with Crippen molar-refractivity contribution in [3.63, 3.8) is 0 Å². The highest BCUT2D eigenvalue weighted by Gasteiger charge is 2.18. The Balaban J connectivity index is 1.57. The van der Waals surface area contributed by atoms with E-state index in [0.717, 1.165) is 51.6 Å². The predicted octanol–water partition coefficient (Wildman–Crippen LogP) is 3.11. The summed E-state index contributed by atoms with van der Waals surface area (Å²) in [5, 5.41) is 21.7. The van der Waals surface area contributed by atoms with Crippen LogP contribution < -0.4 is 5.32 Å². The van der Waals surface area contributed by atoms with Gasteiger partial charge in [-0.25, -0.2) is 4.52 Å². The highest BCUT2D eigenvalue weighted by atomic mass is 32.2. The van der Waals surface area contributed by atoms with Crippen molar-refractivity contribution in [1.29, 1.82) is 0 Å². The van der Waals surface area contributed by atoms with Crippen LogP contribution in [0.25, 0.3) is 16.6 Å². The number of hydrogen-bond donors (Lipinski definition) is 1. The molecular weight excluding hydrogens is 396 g/mol. The van der Waals surface area contributed by atoms with E-state index in [0.29, 0.717) is 6.04 Å². The van der Waals surface area contributed by atoms with Gasteiger partial charge in [-0.05, 0) is 37.6 Å². The van der Waals surface area contributed by atoms with Gasteiger partial charge in [-0.2, -0.15) is 15.3 Å². The molecular formula is C21H22N8S. The SMILES string of the molecule is CN=Cc1cnn2cc(-c3cnn([C@H]4CCCNC4)c3)cc(Sc3cccnn3)c12. The van der Waals surface area contributed by atoms with Crippen LogP contribution in [0.3, 0.4) is 0 Å². The summed E-state index contributed by atoms with van der Waals surface area (Å²) < 4.78 is 3.99. The number of aliphatic imine (C=N–C) groups is 1. The summed E-state index contributed by atoms with van der Waals surface area (Å²) in [7, 11) is 1.77. The summed E-state index contributed by atoms with van der Waals surface area (Å²) in [5.74, 6) is 0. The third-order valence-electron chi connectivity index (χ3n) is 5.22. The highest BCUT2D eigenvalue weighted by molar-refractivity contribution is 7.99. The minimum Gasteiger partial charge on any atom is -0.315 e. The Hall–Kier alpha value is -3.04. The van der Waals surface area contributed by atoms with Gasteiger partial charge in [0.15, 0.2) is 0 Å². The number of fused-ring (bicyclic) bond motifs is 1. The molecule has 1 N–H and O–H groups in total. The van der Waals surface area contributed by atoms with Crippen LogP contribution in [0.2, 0.25) is 0 Å². The van der Waals surface area contributed by atoms with Gasteiger partial charge in [-0.1, -0.05) is 11.8 Å². The molecule has 4 aromatic rings. The predicted molar refractivity (Wildman–Crippen MR) is 117 cm³/mol. The fourth-order valence-electron chi connectivity index (χ4n) is 3.78. The molecule has 0 aliphatic carbocycles. The zero-order chi connectivity index (χ0) is 20.3. The standard InChI is InChI=1S/C21H22N8S/c1-22-9-16-10-26-29-13-15(8-19(21(16)29)30-20-5-3-7-24-27-20)17-11-25-28(14-17)18-4-2-6-23-12-18/h3,5,7-11,13-14,18,23H,2,4,6,12H2,1H3/t18-/m0/s1. The van der Waals surface area contributed by atoms with E-state index in [9.17, 15) is 0 Å². The average Bonchev–Trinajstić information content (AvgIpc) is 3.43. The Morgan fingerprint density at radius 2 is 2.20 bits per heavy atom. The van der Waals surface area contributed by atoms with Crippen LogP contribution in [0.5, 0.6) is 0 Å². The zero-order valence-corrected chi connectivity index (χ0v) is 17.5. The molecule has 1 aliphatic heterocycles. The van der Waals surface area contributed by atoms with Crippen LogP contribution in [-0.2, 0) is 0 Å². The normalized spacial score (nSPS) is 17.2. The van der Waals surface area contributed by atoms with Crippen molar-refractivity contribution in [3.8, 4) is 11.1 Å². The number of pyridine rings is 1. The smallest absolute Gasteiger partial charge is 0.124 e. The lowest BCUT2D eigenvalue weighted by molar-refractivity contribution is 0.347. The Morgan fingerprint density at radius 1 is 1.23 bits per heavy atom. The van der Waals surface area contributed by atoms with Crippen LogP contribution in [-0.4, -0.2) is 55.9 Å². The quantitative estimate of drug-likeness (QED) is 0.501. The molecule has 1 atom stereocenters. The first-order chi connectivity index (χ1) is 14.8. The van der Waals surface area contributed by atoms with Crippen LogP contribution in [0.4, 0.5) is 0 Å². The molecule has 5 heterocycles. The van der Waals surface area contributed by atoms with Crippen LogP contribution in [0, 0.1) is 0 Å². The number of piperidine rings is 1. The number of aromatic nitrogens is 6. The second-order valence-corrected chi connectivity index (χ2v) is 8.31. The van der Waals surface area contributed by atoms with Gasteiger partial charge in [0, 0.05) is 60.0 Å². The molecule has 4 aromatic heterocycles. The Bertz CT molecular complexity index is 1170. The Morgan fingerprint density at radius 3 is 3.00 bits per heavy atom. The highest BCUT2D eigenvalue weighted by Crippen LogP contribution is 2.34. The third kappa shape index (κ3) is 3.73. The lowest BCUT2D eigenvalue weighted by Crippen LogP contribution is -2.31. The molecule has 1 aliphatic rings. The summed E-state index contributed by atoms with van der Waals surface area (Å²) >= 11 is 1.57. The molecule has 0 amide bonds. The number of nitrogens with one attached hydrogen (secondary N) is 1. The number of hydrogen-bond acceptors (Lipinski definition) is 7. The summed E-state index contributed by atoms with van der Waals surface area (Å²) in [6.45, 7) is 2.06. The van der Waals surface area contributed by atoms with Gasteiger partial charge < -0.3 is 5.32 Å². The topological polar surface area (TPSA) is 85.3 Å². The second kappa shape index (κ2) is 8.37. The van der Waals surface area contributed by atoms with Crippen LogP contribution >= 0.6 is 11.8 Å². The number of rotatable bonds is 5. The van der Waals surface area contributed by atoms with E-state index in [2.05, 4.69) is 47.6 Å². The van der Waals surface area contributed by atoms with Crippen molar-refractivity contribution in [2.75, 3.05) is 20.1 Å². The van der Waals surface area contributed by atoms with Crippen molar-refractivity contribution in [3.05, 3.63) is 54.7 Å². The summed E-state index contributed by atoms with van der Waals surface area (Å²) in [6.07, 6.45) is 13.8. The average molecular weight is 419 g/mol. The second-order valence-electron chi connectivity index (χ2n) is 7.25. The first-order valence-electron chi connectivity index (χ1n) is 9.96. The van der Waals surface area contributed by atoms with Gasteiger partial charge >= 0.3 is 0 Å². The molecule has 8 nitrogen and oxygen atoms in total. The first-order valence-corrected chi connectivity index (χ1v) is 10.8. The van der Waals surface area contributed by atoms with Crippen molar-refractivity contribution in [2.24, 2.45) is 4.99 Å². The molecule has 0 radical (unpaired) electrons. The monoisotopic (exact) mass is 418 g/mol. The van der Waals surface area contributed by atoms with Gasteiger partial charge in [-0.3, -0.25) is 9.67 Å². The molecule has 0 bridgehead atoms. The van der Waals surface area contributed by atoms with E-state index in [4.69, 9.17) is 0 Å². The Labute approximate surface area is 178 Å². The van der Waals surface area contributed by atoms with E-state index in [-0.39, 0.29) is 0 Å². The largest absolute Gasteiger partial charge is 0.315 e. The molecule has 0 unspecified atom stereocenters. The van der Waals surface area contributed by atoms with Gasteiger partial charge in [0.2, 0.25) is 0 Å². The minimum atomic E-state index is 0.404. The molecule has 0 saturated carbocycles. The lowest BCUT2D eigenvalue weighted by Gasteiger charge is -2.22. The molecule has 0 spiro atoms. The van der Waals surface area contributed by atoms with Gasteiger partial charge in [0.1, 0.15) is 5.03 Å². The van der Waals surface area contributed by atoms with Crippen LogP contribution in [0.15, 0.2) is 64.1 Å². The first kappa shape index (κ1) is 19.0. The fraction of sp³-hybridized carbons (Fsp3) is 0.286. The molecule has 30 heavy (non-hydrogen) atoms. The van der Waals surface area contributed by atoms with Crippen molar-refractivity contribution in [2.45, 2.75) is 28.8 Å². The summed E-state index contributed by atoms with van der Waals surface area (Å²) in [4.78, 5) is 5.23. The molecule has 0 aromatic carbocycles. The van der Waals surface area contributed by atoms with Crippen molar-refractivity contribution < 1.29 is 0 Å². The van der Waals surface area contributed by atoms with E-state index < -0.39 is 0 Å². The Kier molecular flexibility index (Phi) is 5.29. The molecule has 5 rings (SSSR count). The minimum absolute atomic E-state index is 0.404. The zero-order valence-electron chi connectivity index (χ0n) is 16.6. The van der Waals surface area contributed by atoms with E-state index in [1.807, 2.05) is 41.5 Å². The number of nitrogens with zero attached hydrogens (tertiary/aromatic N) is 7. The molecule has 9 heteroatoms. The van der Waals surface area contributed by atoms with Gasteiger partial charge in [0.05, 0.1) is 24.0 Å². The van der Waals surface area contributed by atoms with Crippen molar-refractivity contribution >= 4 is 23.5 Å². The maximum absolute atomic E-state index is 4.64. The molecule has 1 saturated heterocycles. The van der Waals surface area contributed by atoms with E-state index in [1.54, 1.807) is 25.0 Å². The van der Waals surface area contributed by atoms with E-state index >= 15 is 0 Å². The molecule has 1 fully saturated rings. The van der Waals surface area contributed by atoms with Crippen molar-refractivity contribution in [1.82, 2.24) is 34.9 Å². The maximum atomic E-state index is 4.64. The maximum Gasteiger partial charge on any atom is 0.124 e. The lowest BCUT2D eigenvalue weighted by atomic mass is 10.1. The summed E-state index contributed by atoms with van der Waals surface area (Å²) in [5.41, 5.74) is 4.11. The van der Waals surface area contributed by atoms with E-state index in [1.165, 1.54) is 6.42 Å². The summed E-state index contributed by atoms with van der Waals surface area (Å²) in [6, 6.07) is 6.42. The van der Waals surface area contributed by atoms with Gasteiger partial charge in [0.25, 0.3) is 0 Å². The fourth-order valence-corrected chi connectivity index (χ4v) is 4.73. The van der Waals surface area contributed by atoms with Crippen LogP contribution in [0.1, 0.15) is 24.4 Å².